The first-order chi connectivity index (χ1) is 17.5. The summed E-state index contributed by atoms with van der Waals surface area (Å²) in [5, 5.41) is 22.0. The van der Waals surface area contributed by atoms with Gasteiger partial charge in [-0.15, -0.1) is 0 Å². The van der Waals surface area contributed by atoms with Crippen LogP contribution in [0.15, 0.2) is 23.5 Å². The Morgan fingerprint density at radius 1 is 1.00 bits per heavy atom. The molecule has 11 nitrogen and oxygen atoms in total. The molecule has 0 aromatic rings. The van der Waals surface area contributed by atoms with E-state index in [4.69, 9.17) is 23.7 Å². The van der Waals surface area contributed by atoms with E-state index in [9.17, 15) is 29.4 Å². The Hall–Kier alpha value is -2.92. The van der Waals surface area contributed by atoms with Crippen LogP contribution in [0.4, 0.5) is 0 Å². The van der Waals surface area contributed by atoms with E-state index in [0.717, 1.165) is 0 Å². The van der Waals surface area contributed by atoms with Gasteiger partial charge in [0.1, 0.15) is 13.2 Å². The molecule has 0 aromatic heterocycles. The summed E-state index contributed by atoms with van der Waals surface area (Å²) in [5.74, 6) is -3.72. The van der Waals surface area contributed by atoms with Crippen LogP contribution in [-0.4, -0.2) is 70.9 Å². The van der Waals surface area contributed by atoms with Crippen molar-refractivity contribution in [1.82, 2.24) is 0 Å². The molecular formula is C27H40O11. The molecule has 1 aliphatic carbocycles. The SMILES string of the molecule is CC(=O)OCC1=CO[C@@H](OC(=O)CC(C)(C)O)[C@H]2C1=C[C@H](OC(=O)CC(C)C)[C@]2(O)COC(=O)CC(C)C. The third-order valence-electron chi connectivity index (χ3n) is 5.81. The average Bonchev–Trinajstić information content (AvgIpc) is 3.02. The summed E-state index contributed by atoms with van der Waals surface area (Å²) in [6.07, 6.45) is -0.207. The molecule has 1 heterocycles. The number of hydrogen-bond donors (Lipinski definition) is 2. The monoisotopic (exact) mass is 540 g/mol. The molecular weight excluding hydrogens is 500 g/mol. The van der Waals surface area contributed by atoms with Crippen LogP contribution in [-0.2, 0) is 42.9 Å². The predicted octanol–water partition coefficient (Wildman–Crippen LogP) is 2.33. The van der Waals surface area contributed by atoms with Crippen molar-refractivity contribution in [2.75, 3.05) is 13.2 Å². The third kappa shape index (κ3) is 8.83. The minimum atomic E-state index is -2.08. The molecule has 38 heavy (non-hydrogen) atoms. The van der Waals surface area contributed by atoms with Gasteiger partial charge in [0.25, 0.3) is 6.29 Å². The summed E-state index contributed by atoms with van der Waals surface area (Å²) >= 11 is 0. The molecule has 0 amide bonds. The summed E-state index contributed by atoms with van der Waals surface area (Å²) in [5.41, 5.74) is -2.75. The van der Waals surface area contributed by atoms with Crippen molar-refractivity contribution >= 4 is 23.9 Å². The number of hydrogen-bond acceptors (Lipinski definition) is 11. The Kier molecular flexibility index (Phi) is 10.5. The molecule has 0 unspecified atom stereocenters. The van der Waals surface area contributed by atoms with E-state index in [0.29, 0.717) is 11.1 Å². The molecule has 0 fully saturated rings. The van der Waals surface area contributed by atoms with Crippen LogP contribution in [0.2, 0.25) is 0 Å². The van der Waals surface area contributed by atoms with Crippen molar-refractivity contribution in [3.8, 4) is 0 Å². The zero-order valence-electron chi connectivity index (χ0n) is 23.1. The number of aliphatic hydroxyl groups is 2. The highest BCUT2D eigenvalue weighted by molar-refractivity contribution is 5.72. The Bertz CT molecular complexity index is 957. The van der Waals surface area contributed by atoms with Gasteiger partial charge >= 0.3 is 23.9 Å². The van der Waals surface area contributed by atoms with Gasteiger partial charge in [0.05, 0.1) is 24.2 Å². The fourth-order valence-electron chi connectivity index (χ4n) is 4.18. The van der Waals surface area contributed by atoms with Gasteiger partial charge in [0, 0.05) is 25.3 Å². The van der Waals surface area contributed by atoms with E-state index in [1.54, 1.807) is 0 Å². The Morgan fingerprint density at radius 3 is 2.16 bits per heavy atom. The number of carbonyl (C=O) groups excluding carboxylic acids is 4. The highest BCUT2D eigenvalue weighted by Crippen LogP contribution is 2.47. The Balaban J connectivity index is 2.46. The lowest BCUT2D eigenvalue weighted by Gasteiger charge is -2.40. The van der Waals surface area contributed by atoms with Gasteiger partial charge in [0.2, 0.25) is 0 Å². The molecule has 0 spiro atoms. The Morgan fingerprint density at radius 2 is 1.61 bits per heavy atom. The zero-order chi connectivity index (χ0) is 28.8. The summed E-state index contributed by atoms with van der Waals surface area (Å²) < 4.78 is 27.3. The standard InChI is InChI=1S/C27H40O11/c1-15(2)8-21(29)36-14-27(33)20(37-22(30)9-16(3)4)10-19-18(12-34-17(5)28)13-35-25(24(19)27)38-23(31)11-26(6,7)32/h10,13,15-16,20,24-25,32-33H,8-9,11-12,14H2,1-7H3/t20-,24+,25-,27+/m0/s1. The van der Waals surface area contributed by atoms with E-state index in [2.05, 4.69) is 0 Å². The number of fused-ring (bicyclic) bond motifs is 1. The first-order valence-corrected chi connectivity index (χ1v) is 12.7. The smallest absolute Gasteiger partial charge is 0.311 e. The van der Waals surface area contributed by atoms with Crippen molar-refractivity contribution in [1.29, 1.82) is 0 Å². The molecule has 0 aromatic carbocycles. The van der Waals surface area contributed by atoms with Crippen molar-refractivity contribution in [3.05, 3.63) is 23.5 Å². The summed E-state index contributed by atoms with van der Waals surface area (Å²) in [4.78, 5) is 49.0. The van der Waals surface area contributed by atoms with Crippen molar-refractivity contribution < 1.29 is 53.1 Å². The van der Waals surface area contributed by atoms with E-state index < -0.39 is 60.0 Å². The van der Waals surface area contributed by atoms with Gasteiger partial charge < -0.3 is 33.9 Å². The van der Waals surface area contributed by atoms with Gasteiger partial charge in [-0.1, -0.05) is 27.7 Å². The minimum Gasteiger partial charge on any atom is -0.462 e. The minimum absolute atomic E-state index is 0.000826. The van der Waals surface area contributed by atoms with Crippen molar-refractivity contribution in [2.24, 2.45) is 17.8 Å². The normalized spacial score (nSPS) is 24.7. The van der Waals surface area contributed by atoms with Crippen LogP contribution in [0.5, 0.6) is 0 Å². The second kappa shape index (κ2) is 12.8. The molecule has 214 valence electrons. The van der Waals surface area contributed by atoms with Crippen molar-refractivity contribution in [2.45, 2.75) is 91.3 Å². The molecule has 0 saturated heterocycles. The molecule has 0 bridgehead atoms. The summed E-state index contributed by atoms with van der Waals surface area (Å²) in [6, 6.07) is 0. The number of carbonyl (C=O) groups is 4. The molecule has 2 rings (SSSR count). The van der Waals surface area contributed by atoms with E-state index in [-0.39, 0.29) is 37.7 Å². The lowest BCUT2D eigenvalue weighted by Crippen LogP contribution is -2.56. The second-order valence-corrected chi connectivity index (χ2v) is 11.3. The molecule has 2 N–H and O–H groups in total. The van der Waals surface area contributed by atoms with Gasteiger partial charge in [0.15, 0.2) is 11.7 Å². The first kappa shape index (κ1) is 31.3. The average molecular weight is 541 g/mol. The van der Waals surface area contributed by atoms with Gasteiger partial charge in [-0.2, -0.15) is 0 Å². The van der Waals surface area contributed by atoms with E-state index >= 15 is 0 Å². The topological polar surface area (TPSA) is 155 Å². The lowest BCUT2D eigenvalue weighted by molar-refractivity contribution is -0.219. The van der Waals surface area contributed by atoms with Gasteiger partial charge in [-0.25, -0.2) is 0 Å². The zero-order valence-corrected chi connectivity index (χ0v) is 23.1. The highest BCUT2D eigenvalue weighted by Gasteiger charge is 2.59. The second-order valence-electron chi connectivity index (χ2n) is 11.3. The van der Waals surface area contributed by atoms with Crippen LogP contribution >= 0.6 is 0 Å². The maximum absolute atomic E-state index is 12.6. The fourth-order valence-corrected chi connectivity index (χ4v) is 4.18. The van der Waals surface area contributed by atoms with Gasteiger partial charge in [-0.3, -0.25) is 19.2 Å². The molecule has 11 heteroatoms. The number of esters is 4. The van der Waals surface area contributed by atoms with Crippen LogP contribution < -0.4 is 0 Å². The van der Waals surface area contributed by atoms with Crippen LogP contribution in [0.3, 0.4) is 0 Å². The molecule has 0 radical (unpaired) electrons. The van der Waals surface area contributed by atoms with E-state index in [1.807, 2.05) is 27.7 Å². The third-order valence-corrected chi connectivity index (χ3v) is 5.81. The summed E-state index contributed by atoms with van der Waals surface area (Å²) in [6.45, 7) is 10.6. The number of rotatable bonds is 12. The van der Waals surface area contributed by atoms with Gasteiger partial charge in [-0.05, 0) is 37.3 Å². The maximum atomic E-state index is 12.6. The maximum Gasteiger partial charge on any atom is 0.311 e. The highest BCUT2D eigenvalue weighted by atomic mass is 16.7. The van der Waals surface area contributed by atoms with Crippen LogP contribution in [0.1, 0.15) is 67.7 Å². The summed E-state index contributed by atoms with van der Waals surface area (Å²) in [7, 11) is 0. The predicted molar refractivity (Wildman–Crippen MR) is 133 cm³/mol. The van der Waals surface area contributed by atoms with E-state index in [1.165, 1.54) is 33.1 Å². The fraction of sp³-hybridized carbons (Fsp3) is 0.704. The first-order valence-electron chi connectivity index (χ1n) is 12.7. The lowest BCUT2D eigenvalue weighted by atomic mass is 9.82. The molecule has 2 aliphatic rings. The molecule has 1 aliphatic heterocycles. The molecule has 0 saturated carbocycles. The molecule has 4 atom stereocenters. The van der Waals surface area contributed by atoms with Crippen molar-refractivity contribution in [3.63, 3.8) is 0 Å². The largest absolute Gasteiger partial charge is 0.462 e. The van der Waals surface area contributed by atoms with Crippen LogP contribution in [0, 0.1) is 17.8 Å². The Labute approximate surface area is 223 Å². The quantitative estimate of drug-likeness (QED) is 0.277. The van der Waals surface area contributed by atoms with Crippen LogP contribution in [0.25, 0.3) is 0 Å². The number of ether oxygens (including phenoxy) is 5.